The van der Waals surface area contributed by atoms with Crippen molar-refractivity contribution in [2.24, 2.45) is 0 Å². The SMILES string of the molecule is Cc1ccccc1CNc1ccccc1NC(=O)c1ccc2nccc(C)c2c1. The third-order valence-corrected chi connectivity index (χ3v) is 5.13. The van der Waals surface area contributed by atoms with Crippen LogP contribution in [0.3, 0.4) is 0 Å². The standard InChI is InChI=1S/C25H23N3O/c1-17-7-3-4-8-20(17)16-27-23-9-5-6-10-24(23)28-25(29)19-11-12-22-21(15-19)18(2)13-14-26-22/h3-15,27H,16H2,1-2H3,(H,28,29). The van der Waals surface area contributed by atoms with E-state index in [0.717, 1.165) is 27.8 Å². The molecule has 0 saturated heterocycles. The molecular weight excluding hydrogens is 358 g/mol. The van der Waals surface area contributed by atoms with Gasteiger partial charge >= 0.3 is 0 Å². The van der Waals surface area contributed by atoms with Crippen molar-refractivity contribution in [2.45, 2.75) is 20.4 Å². The second kappa shape index (κ2) is 8.15. The lowest BCUT2D eigenvalue weighted by molar-refractivity contribution is 0.102. The van der Waals surface area contributed by atoms with E-state index in [4.69, 9.17) is 0 Å². The molecule has 1 aromatic heterocycles. The highest BCUT2D eigenvalue weighted by molar-refractivity contribution is 6.07. The molecule has 0 bridgehead atoms. The summed E-state index contributed by atoms with van der Waals surface area (Å²) in [7, 11) is 0. The van der Waals surface area contributed by atoms with Crippen LogP contribution in [0.4, 0.5) is 11.4 Å². The summed E-state index contributed by atoms with van der Waals surface area (Å²) in [5, 5.41) is 7.47. The number of para-hydroxylation sites is 2. The van der Waals surface area contributed by atoms with Gasteiger partial charge in [0.2, 0.25) is 0 Å². The van der Waals surface area contributed by atoms with Gasteiger partial charge in [0.25, 0.3) is 5.91 Å². The molecule has 1 heterocycles. The summed E-state index contributed by atoms with van der Waals surface area (Å²) < 4.78 is 0. The first kappa shape index (κ1) is 18.7. The number of pyridine rings is 1. The Hall–Kier alpha value is -3.66. The Bertz CT molecular complexity index is 1180. The predicted octanol–water partition coefficient (Wildman–Crippen LogP) is 5.72. The van der Waals surface area contributed by atoms with Gasteiger partial charge < -0.3 is 10.6 Å². The Kier molecular flexibility index (Phi) is 5.25. The molecule has 0 atom stereocenters. The van der Waals surface area contributed by atoms with Gasteiger partial charge in [0.1, 0.15) is 0 Å². The molecule has 2 N–H and O–H groups in total. The molecule has 4 aromatic rings. The van der Waals surface area contributed by atoms with E-state index < -0.39 is 0 Å². The summed E-state index contributed by atoms with van der Waals surface area (Å²) in [6.45, 7) is 4.82. The van der Waals surface area contributed by atoms with Crippen molar-refractivity contribution in [2.75, 3.05) is 10.6 Å². The Labute approximate surface area is 170 Å². The number of nitrogens with one attached hydrogen (secondary N) is 2. The topological polar surface area (TPSA) is 54.0 Å². The van der Waals surface area contributed by atoms with Gasteiger partial charge in [0.15, 0.2) is 0 Å². The highest BCUT2D eigenvalue weighted by Gasteiger charge is 2.11. The number of carbonyl (C=O) groups excluding carboxylic acids is 1. The van der Waals surface area contributed by atoms with Crippen LogP contribution >= 0.6 is 0 Å². The molecule has 144 valence electrons. The van der Waals surface area contributed by atoms with Crippen molar-refractivity contribution in [1.82, 2.24) is 4.98 Å². The number of aromatic nitrogens is 1. The van der Waals surface area contributed by atoms with Crippen molar-refractivity contribution >= 4 is 28.2 Å². The summed E-state index contributed by atoms with van der Waals surface area (Å²) >= 11 is 0. The van der Waals surface area contributed by atoms with Gasteiger partial charge in [0.05, 0.1) is 16.9 Å². The number of aryl methyl sites for hydroxylation is 2. The smallest absolute Gasteiger partial charge is 0.255 e. The first-order chi connectivity index (χ1) is 14.1. The molecule has 0 radical (unpaired) electrons. The number of hydrogen-bond donors (Lipinski definition) is 2. The van der Waals surface area contributed by atoms with Crippen LogP contribution in [0.5, 0.6) is 0 Å². The number of carbonyl (C=O) groups is 1. The second-order valence-electron chi connectivity index (χ2n) is 7.14. The third kappa shape index (κ3) is 4.11. The molecule has 0 spiro atoms. The molecule has 0 fully saturated rings. The van der Waals surface area contributed by atoms with Crippen molar-refractivity contribution < 1.29 is 4.79 Å². The van der Waals surface area contributed by atoms with E-state index in [9.17, 15) is 4.79 Å². The number of rotatable bonds is 5. The molecular formula is C25H23N3O. The van der Waals surface area contributed by atoms with Gasteiger partial charge in [-0.05, 0) is 66.9 Å². The summed E-state index contributed by atoms with van der Waals surface area (Å²) in [6.07, 6.45) is 1.79. The van der Waals surface area contributed by atoms with E-state index in [0.29, 0.717) is 12.1 Å². The minimum atomic E-state index is -0.139. The maximum absolute atomic E-state index is 12.9. The number of fused-ring (bicyclic) bond motifs is 1. The lowest BCUT2D eigenvalue weighted by Crippen LogP contribution is -2.14. The minimum absolute atomic E-state index is 0.139. The Morgan fingerprint density at radius 2 is 1.62 bits per heavy atom. The Morgan fingerprint density at radius 1 is 0.862 bits per heavy atom. The number of hydrogen-bond acceptors (Lipinski definition) is 3. The van der Waals surface area contributed by atoms with Crippen LogP contribution in [0.25, 0.3) is 10.9 Å². The van der Waals surface area contributed by atoms with Crippen molar-refractivity contribution in [3.05, 3.63) is 101 Å². The number of nitrogens with zero attached hydrogens (tertiary/aromatic N) is 1. The number of anilines is 2. The van der Waals surface area contributed by atoms with Crippen molar-refractivity contribution in [3.63, 3.8) is 0 Å². The summed E-state index contributed by atoms with van der Waals surface area (Å²) in [5.74, 6) is -0.139. The molecule has 4 rings (SSSR count). The van der Waals surface area contributed by atoms with Gasteiger partial charge in [-0.1, -0.05) is 36.4 Å². The summed E-state index contributed by atoms with van der Waals surface area (Å²) in [5.41, 5.74) is 6.72. The number of benzene rings is 3. The van der Waals surface area contributed by atoms with Crippen LogP contribution in [0.1, 0.15) is 27.0 Å². The van der Waals surface area contributed by atoms with E-state index in [1.807, 2.05) is 67.6 Å². The zero-order valence-electron chi connectivity index (χ0n) is 16.6. The van der Waals surface area contributed by atoms with E-state index in [2.05, 4.69) is 34.7 Å². The molecule has 0 aliphatic carbocycles. The third-order valence-electron chi connectivity index (χ3n) is 5.13. The highest BCUT2D eigenvalue weighted by Crippen LogP contribution is 2.24. The molecule has 4 nitrogen and oxygen atoms in total. The minimum Gasteiger partial charge on any atom is -0.379 e. The van der Waals surface area contributed by atoms with Crippen molar-refractivity contribution in [3.8, 4) is 0 Å². The van der Waals surface area contributed by atoms with Crippen LogP contribution in [0, 0.1) is 13.8 Å². The first-order valence-electron chi connectivity index (χ1n) is 9.66. The van der Waals surface area contributed by atoms with Gasteiger partial charge in [0, 0.05) is 23.7 Å². The Balaban J connectivity index is 1.54. The van der Waals surface area contributed by atoms with Crippen LogP contribution in [-0.2, 0) is 6.54 Å². The average Bonchev–Trinajstić information content (AvgIpc) is 2.74. The molecule has 29 heavy (non-hydrogen) atoms. The molecule has 0 saturated carbocycles. The van der Waals surface area contributed by atoms with E-state index in [1.54, 1.807) is 6.20 Å². The van der Waals surface area contributed by atoms with E-state index >= 15 is 0 Å². The van der Waals surface area contributed by atoms with E-state index in [-0.39, 0.29) is 5.91 Å². The van der Waals surface area contributed by atoms with Crippen LogP contribution in [-0.4, -0.2) is 10.9 Å². The van der Waals surface area contributed by atoms with Crippen LogP contribution < -0.4 is 10.6 Å². The Morgan fingerprint density at radius 3 is 2.45 bits per heavy atom. The first-order valence-corrected chi connectivity index (χ1v) is 9.66. The van der Waals surface area contributed by atoms with Gasteiger partial charge in [-0.25, -0.2) is 0 Å². The monoisotopic (exact) mass is 381 g/mol. The van der Waals surface area contributed by atoms with Crippen LogP contribution in [0.2, 0.25) is 0 Å². The lowest BCUT2D eigenvalue weighted by atomic mass is 10.1. The number of amides is 1. The largest absolute Gasteiger partial charge is 0.379 e. The molecule has 1 amide bonds. The molecule has 4 heteroatoms. The average molecular weight is 381 g/mol. The molecule has 0 unspecified atom stereocenters. The fraction of sp³-hybridized carbons (Fsp3) is 0.120. The zero-order valence-corrected chi connectivity index (χ0v) is 16.6. The normalized spacial score (nSPS) is 10.7. The lowest BCUT2D eigenvalue weighted by Gasteiger charge is -2.14. The van der Waals surface area contributed by atoms with Gasteiger partial charge in [-0.3, -0.25) is 9.78 Å². The molecule has 3 aromatic carbocycles. The zero-order chi connectivity index (χ0) is 20.2. The quantitative estimate of drug-likeness (QED) is 0.465. The highest BCUT2D eigenvalue weighted by atomic mass is 16.1. The second-order valence-corrected chi connectivity index (χ2v) is 7.14. The summed E-state index contributed by atoms with van der Waals surface area (Å²) in [4.78, 5) is 17.2. The van der Waals surface area contributed by atoms with Gasteiger partial charge in [-0.2, -0.15) is 0 Å². The summed E-state index contributed by atoms with van der Waals surface area (Å²) in [6, 6.07) is 23.6. The predicted molar refractivity (Wildman–Crippen MR) is 119 cm³/mol. The maximum atomic E-state index is 12.9. The molecule has 0 aliphatic rings. The fourth-order valence-corrected chi connectivity index (χ4v) is 3.36. The van der Waals surface area contributed by atoms with Crippen LogP contribution in [0.15, 0.2) is 79.0 Å². The van der Waals surface area contributed by atoms with Gasteiger partial charge in [-0.15, -0.1) is 0 Å². The maximum Gasteiger partial charge on any atom is 0.255 e. The molecule has 0 aliphatic heterocycles. The van der Waals surface area contributed by atoms with Crippen molar-refractivity contribution in [1.29, 1.82) is 0 Å². The fourth-order valence-electron chi connectivity index (χ4n) is 3.36. The van der Waals surface area contributed by atoms with E-state index in [1.165, 1.54) is 11.1 Å².